The maximum Gasteiger partial charge on any atom is 0.393 e. The summed E-state index contributed by atoms with van der Waals surface area (Å²) in [6, 6.07) is 3.79. The van der Waals surface area contributed by atoms with Gasteiger partial charge in [-0.25, -0.2) is 4.39 Å². The maximum atomic E-state index is 13.0. The Bertz CT molecular complexity index is 301. The largest absolute Gasteiger partial charge is 0.393 e. The quantitative estimate of drug-likeness (QED) is 0.598. The smallest absolute Gasteiger partial charge is 0.206 e. The molecule has 0 atom stereocenters. The molecule has 71 valence electrons. The monoisotopic (exact) mass is 191 g/mol. The fourth-order valence-electron chi connectivity index (χ4n) is 0.985. The summed E-state index contributed by atoms with van der Waals surface area (Å²) in [7, 11) is 0. The van der Waals surface area contributed by atoms with Crippen LogP contribution in [0.5, 0.6) is 0 Å². The van der Waals surface area contributed by atoms with Crippen molar-refractivity contribution in [2.24, 2.45) is 0 Å². The molecule has 0 amide bonds. The van der Waals surface area contributed by atoms with Gasteiger partial charge in [0.25, 0.3) is 0 Å². The highest BCUT2D eigenvalue weighted by Crippen LogP contribution is 2.23. The summed E-state index contributed by atoms with van der Waals surface area (Å²) in [6.07, 6.45) is -5.63. The molecule has 0 aliphatic heterocycles. The highest BCUT2D eigenvalue weighted by Gasteiger charge is 2.29. The summed E-state index contributed by atoms with van der Waals surface area (Å²) >= 11 is 0. The van der Waals surface area contributed by atoms with Gasteiger partial charge in [0.1, 0.15) is 5.82 Å². The predicted octanol–water partition coefficient (Wildman–Crippen LogP) is 3.11. The predicted molar refractivity (Wildman–Crippen MR) is 40.6 cm³/mol. The number of alkyl halides is 3. The standard InChI is InChI=1S/C9H7F4/c1-6-3-2-4-7(8(6)10)5-9(11,12)13/h2-4H,1,5H2. The van der Waals surface area contributed by atoms with E-state index < -0.39 is 18.4 Å². The van der Waals surface area contributed by atoms with Crippen LogP contribution in [0.25, 0.3) is 0 Å². The van der Waals surface area contributed by atoms with Crippen molar-refractivity contribution >= 4 is 0 Å². The van der Waals surface area contributed by atoms with Gasteiger partial charge in [-0.1, -0.05) is 18.2 Å². The lowest BCUT2D eigenvalue weighted by Gasteiger charge is -2.08. The Morgan fingerprint density at radius 2 is 1.85 bits per heavy atom. The van der Waals surface area contributed by atoms with Crippen LogP contribution in [-0.4, -0.2) is 6.18 Å². The molecule has 0 spiro atoms. The van der Waals surface area contributed by atoms with E-state index in [0.29, 0.717) is 0 Å². The molecule has 1 radical (unpaired) electrons. The molecule has 0 unspecified atom stereocenters. The molecule has 0 N–H and O–H groups in total. The second-order valence-corrected chi connectivity index (χ2v) is 2.68. The van der Waals surface area contributed by atoms with E-state index in [-0.39, 0.29) is 11.1 Å². The highest BCUT2D eigenvalue weighted by molar-refractivity contribution is 5.28. The summed E-state index contributed by atoms with van der Waals surface area (Å²) in [5, 5.41) is 0. The average Bonchev–Trinajstić information content (AvgIpc) is 1.96. The van der Waals surface area contributed by atoms with Gasteiger partial charge in [0.15, 0.2) is 0 Å². The molecule has 0 fully saturated rings. The molecular formula is C9H7F4. The summed E-state index contributed by atoms with van der Waals surface area (Å²) in [5.74, 6) is -0.875. The summed E-state index contributed by atoms with van der Waals surface area (Å²) in [6.45, 7) is 3.27. The van der Waals surface area contributed by atoms with Crippen LogP contribution < -0.4 is 0 Å². The normalized spacial score (nSPS) is 11.8. The lowest BCUT2D eigenvalue weighted by atomic mass is 10.1. The first-order valence-electron chi connectivity index (χ1n) is 3.56. The molecule has 0 saturated heterocycles. The van der Waals surface area contributed by atoms with Crippen molar-refractivity contribution in [1.82, 2.24) is 0 Å². The molecule has 13 heavy (non-hydrogen) atoms. The van der Waals surface area contributed by atoms with Crippen molar-refractivity contribution in [1.29, 1.82) is 0 Å². The Kier molecular flexibility index (Phi) is 2.59. The van der Waals surface area contributed by atoms with E-state index in [1.807, 2.05) is 0 Å². The van der Waals surface area contributed by atoms with Crippen molar-refractivity contribution in [3.05, 3.63) is 42.1 Å². The van der Waals surface area contributed by atoms with Gasteiger partial charge in [-0.3, -0.25) is 0 Å². The van der Waals surface area contributed by atoms with E-state index in [2.05, 4.69) is 6.92 Å². The Hall–Kier alpha value is -1.06. The molecular weight excluding hydrogens is 184 g/mol. The van der Waals surface area contributed by atoms with Gasteiger partial charge in [-0.2, -0.15) is 13.2 Å². The fourth-order valence-corrected chi connectivity index (χ4v) is 0.985. The van der Waals surface area contributed by atoms with Crippen LogP contribution in [0, 0.1) is 12.7 Å². The number of hydrogen-bond acceptors (Lipinski definition) is 0. The zero-order valence-electron chi connectivity index (χ0n) is 6.66. The molecule has 1 aromatic rings. The molecule has 0 saturated carbocycles. The van der Waals surface area contributed by atoms with Crippen molar-refractivity contribution in [3.63, 3.8) is 0 Å². The van der Waals surface area contributed by atoms with E-state index in [4.69, 9.17) is 0 Å². The second-order valence-electron chi connectivity index (χ2n) is 2.68. The third-order valence-electron chi connectivity index (χ3n) is 1.55. The topological polar surface area (TPSA) is 0 Å². The molecule has 0 aliphatic rings. The van der Waals surface area contributed by atoms with Crippen molar-refractivity contribution in [2.75, 3.05) is 0 Å². The zero-order valence-corrected chi connectivity index (χ0v) is 6.66. The number of rotatable bonds is 1. The van der Waals surface area contributed by atoms with E-state index in [9.17, 15) is 17.6 Å². The minimum atomic E-state index is -4.38. The molecule has 0 aliphatic carbocycles. The van der Waals surface area contributed by atoms with E-state index in [1.165, 1.54) is 12.1 Å². The third kappa shape index (κ3) is 2.72. The number of halogens is 4. The third-order valence-corrected chi connectivity index (χ3v) is 1.55. The Morgan fingerprint density at radius 1 is 1.23 bits per heavy atom. The summed E-state index contributed by atoms with van der Waals surface area (Å²) in [4.78, 5) is 0. The molecule has 1 aromatic carbocycles. The van der Waals surface area contributed by atoms with Gasteiger partial charge in [-0.15, -0.1) is 0 Å². The van der Waals surface area contributed by atoms with Gasteiger partial charge in [0.05, 0.1) is 6.42 Å². The van der Waals surface area contributed by atoms with Crippen LogP contribution in [0.4, 0.5) is 17.6 Å². The van der Waals surface area contributed by atoms with Gasteiger partial charge in [0, 0.05) is 0 Å². The van der Waals surface area contributed by atoms with E-state index >= 15 is 0 Å². The van der Waals surface area contributed by atoms with Crippen molar-refractivity contribution < 1.29 is 17.6 Å². The molecule has 0 aromatic heterocycles. The van der Waals surface area contributed by atoms with Crippen LogP contribution >= 0.6 is 0 Å². The molecule has 0 nitrogen and oxygen atoms in total. The van der Waals surface area contributed by atoms with Crippen LogP contribution in [0.1, 0.15) is 11.1 Å². The first-order chi connectivity index (χ1) is 5.90. The highest BCUT2D eigenvalue weighted by atomic mass is 19.4. The van der Waals surface area contributed by atoms with Crippen LogP contribution in [0.2, 0.25) is 0 Å². The minimum absolute atomic E-state index is 0.0123. The van der Waals surface area contributed by atoms with E-state index in [0.717, 1.165) is 6.07 Å². The lowest BCUT2D eigenvalue weighted by Crippen LogP contribution is -2.13. The fraction of sp³-hybridized carbons (Fsp3) is 0.222. The Balaban J connectivity index is 2.96. The van der Waals surface area contributed by atoms with Crippen molar-refractivity contribution in [2.45, 2.75) is 12.6 Å². The summed E-state index contributed by atoms with van der Waals surface area (Å²) in [5.41, 5.74) is -0.373. The van der Waals surface area contributed by atoms with Crippen LogP contribution in [0.15, 0.2) is 18.2 Å². The van der Waals surface area contributed by atoms with E-state index in [1.54, 1.807) is 0 Å². The second kappa shape index (κ2) is 3.36. The average molecular weight is 191 g/mol. The lowest BCUT2D eigenvalue weighted by molar-refractivity contribution is -0.127. The molecule has 0 heterocycles. The number of hydrogen-bond donors (Lipinski definition) is 0. The molecule has 1 rings (SSSR count). The minimum Gasteiger partial charge on any atom is -0.206 e. The molecule has 4 heteroatoms. The van der Waals surface area contributed by atoms with Crippen LogP contribution in [0.3, 0.4) is 0 Å². The van der Waals surface area contributed by atoms with Crippen LogP contribution in [-0.2, 0) is 6.42 Å². The first kappa shape index (κ1) is 10.0. The van der Waals surface area contributed by atoms with Gasteiger partial charge >= 0.3 is 6.18 Å². The van der Waals surface area contributed by atoms with Gasteiger partial charge in [0.2, 0.25) is 0 Å². The molecule has 0 bridgehead atoms. The first-order valence-corrected chi connectivity index (χ1v) is 3.56. The van der Waals surface area contributed by atoms with Gasteiger partial charge in [-0.05, 0) is 18.1 Å². The van der Waals surface area contributed by atoms with Gasteiger partial charge < -0.3 is 0 Å². The SMILES string of the molecule is [CH2]c1cccc(CC(F)(F)F)c1F. The zero-order chi connectivity index (χ0) is 10.1. The summed E-state index contributed by atoms with van der Waals surface area (Å²) < 4.78 is 48.6. The van der Waals surface area contributed by atoms with Crippen molar-refractivity contribution in [3.8, 4) is 0 Å². The Labute approximate surface area is 73.2 Å². The number of benzene rings is 1. The maximum absolute atomic E-state index is 13.0. The Morgan fingerprint density at radius 3 is 2.38 bits per heavy atom.